The van der Waals surface area contributed by atoms with Crippen LogP contribution in [0.25, 0.3) is 11.0 Å². The molecule has 8 nitrogen and oxygen atoms in total. The minimum Gasteiger partial charge on any atom is -0.451 e. The summed E-state index contributed by atoms with van der Waals surface area (Å²) < 4.78 is 36.1. The lowest BCUT2D eigenvalue weighted by atomic mass is 10.1. The zero-order valence-corrected chi connectivity index (χ0v) is 15.3. The van der Waals surface area contributed by atoms with Gasteiger partial charge >= 0.3 is 0 Å². The molecule has 0 saturated carbocycles. The summed E-state index contributed by atoms with van der Waals surface area (Å²) in [5, 5.41) is 3.11. The number of para-hydroxylation sites is 1. The maximum absolute atomic E-state index is 12.5. The molecule has 1 saturated heterocycles. The predicted octanol–water partition coefficient (Wildman–Crippen LogP) is 0.429. The van der Waals surface area contributed by atoms with Crippen LogP contribution in [0.15, 0.2) is 39.5 Å². The second kappa shape index (κ2) is 7.18. The number of sulfonamides is 1. The van der Waals surface area contributed by atoms with E-state index in [9.17, 15) is 18.0 Å². The second-order valence-corrected chi connectivity index (χ2v) is 8.64. The summed E-state index contributed by atoms with van der Waals surface area (Å²) in [6, 6.07) is 7.31. The lowest BCUT2D eigenvalue weighted by molar-refractivity contribution is 0.0898. The number of carbonyl (C=O) groups is 1. The molecule has 3 rings (SSSR count). The average molecular weight is 380 g/mol. The van der Waals surface area contributed by atoms with E-state index in [4.69, 9.17) is 9.15 Å². The Kier molecular flexibility index (Phi) is 5.12. The van der Waals surface area contributed by atoms with Gasteiger partial charge in [0.15, 0.2) is 11.2 Å². The van der Waals surface area contributed by atoms with E-state index < -0.39 is 22.0 Å². The molecule has 0 unspecified atom stereocenters. The summed E-state index contributed by atoms with van der Waals surface area (Å²) in [7, 11) is -0.500. The van der Waals surface area contributed by atoms with Crippen LogP contribution in [0.2, 0.25) is 0 Å². The first-order valence-corrected chi connectivity index (χ1v) is 9.70. The molecule has 0 bridgehead atoms. The molecule has 26 heavy (non-hydrogen) atoms. The van der Waals surface area contributed by atoms with Gasteiger partial charge in [0.05, 0.1) is 30.4 Å². The topological polar surface area (TPSA) is 106 Å². The molecule has 1 aliphatic rings. The third-order valence-corrected chi connectivity index (χ3v) is 6.32. The van der Waals surface area contributed by atoms with Crippen LogP contribution in [-0.2, 0) is 14.8 Å². The van der Waals surface area contributed by atoms with Gasteiger partial charge in [0, 0.05) is 26.1 Å². The molecule has 0 aliphatic carbocycles. The van der Waals surface area contributed by atoms with E-state index in [0.29, 0.717) is 11.0 Å². The number of hydrogen-bond acceptors (Lipinski definition) is 6. The van der Waals surface area contributed by atoms with Crippen molar-refractivity contribution in [2.75, 3.05) is 33.1 Å². The van der Waals surface area contributed by atoms with Crippen molar-refractivity contribution in [2.45, 2.75) is 6.04 Å². The Labute approximate surface area is 150 Å². The van der Waals surface area contributed by atoms with Gasteiger partial charge in [0.25, 0.3) is 5.91 Å². The number of hydrogen-bond donors (Lipinski definition) is 1. The second-order valence-electron chi connectivity index (χ2n) is 6.41. The number of carbonyl (C=O) groups excluding carboxylic acids is 1. The number of fused-ring (bicyclic) bond motifs is 1. The van der Waals surface area contributed by atoms with E-state index in [1.165, 1.54) is 14.1 Å². The third kappa shape index (κ3) is 3.79. The molecule has 1 aromatic heterocycles. The van der Waals surface area contributed by atoms with Gasteiger partial charge in [-0.3, -0.25) is 9.59 Å². The molecule has 140 valence electrons. The Hall–Kier alpha value is -2.23. The van der Waals surface area contributed by atoms with Gasteiger partial charge in [-0.15, -0.1) is 0 Å². The Morgan fingerprint density at radius 3 is 2.73 bits per heavy atom. The molecule has 1 N–H and O–H groups in total. The fourth-order valence-corrected chi connectivity index (χ4v) is 3.97. The molecule has 2 atom stereocenters. The summed E-state index contributed by atoms with van der Waals surface area (Å²) >= 11 is 0. The van der Waals surface area contributed by atoms with E-state index in [2.05, 4.69) is 5.32 Å². The van der Waals surface area contributed by atoms with Gasteiger partial charge in [-0.2, -0.15) is 0 Å². The zero-order valence-electron chi connectivity index (χ0n) is 14.5. The average Bonchev–Trinajstić information content (AvgIpc) is 3.00. The standard InChI is InChI=1S/C17H20N2O6S/c1-19(2)26(22,23)10-11-8-24-9-13(11)18-17(21)16-7-14(20)12-5-3-4-6-15(12)25-16/h3-7,11,13H,8-10H2,1-2H3,(H,18,21)/t11-,13-/m0/s1. The molecule has 0 radical (unpaired) electrons. The summed E-state index contributed by atoms with van der Waals surface area (Å²) in [4.78, 5) is 24.6. The molecular weight excluding hydrogens is 360 g/mol. The monoisotopic (exact) mass is 380 g/mol. The fourth-order valence-electron chi connectivity index (χ4n) is 2.80. The zero-order chi connectivity index (χ0) is 18.9. The van der Waals surface area contributed by atoms with E-state index in [1.54, 1.807) is 24.3 Å². The molecule has 2 heterocycles. The Morgan fingerprint density at radius 2 is 2.00 bits per heavy atom. The highest BCUT2D eigenvalue weighted by Gasteiger charge is 2.34. The van der Waals surface area contributed by atoms with Crippen molar-refractivity contribution in [3.05, 3.63) is 46.3 Å². The van der Waals surface area contributed by atoms with E-state index in [0.717, 1.165) is 10.4 Å². The predicted molar refractivity (Wildman–Crippen MR) is 95.5 cm³/mol. The maximum atomic E-state index is 12.5. The van der Waals surface area contributed by atoms with Gasteiger partial charge in [0.2, 0.25) is 10.0 Å². The minimum atomic E-state index is -3.42. The summed E-state index contributed by atoms with van der Waals surface area (Å²) in [5.41, 5.74) is 0.00552. The SMILES string of the molecule is CN(C)S(=O)(=O)C[C@@H]1COC[C@@H]1NC(=O)c1cc(=O)c2ccccc2o1. The Bertz CT molecular complexity index is 982. The molecule has 2 aromatic rings. The number of benzene rings is 1. The molecule has 1 aromatic carbocycles. The number of amides is 1. The van der Waals surface area contributed by atoms with Gasteiger partial charge in [0.1, 0.15) is 5.58 Å². The van der Waals surface area contributed by atoms with Crippen molar-refractivity contribution < 1.29 is 22.4 Å². The van der Waals surface area contributed by atoms with Gasteiger partial charge in [-0.1, -0.05) is 12.1 Å². The highest BCUT2D eigenvalue weighted by molar-refractivity contribution is 7.89. The summed E-state index contributed by atoms with van der Waals surface area (Å²) in [6.45, 7) is 0.441. The molecule has 1 amide bonds. The van der Waals surface area contributed by atoms with Crippen LogP contribution in [-0.4, -0.2) is 57.7 Å². The van der Waals surface area contributed by atoms with Crippen LogP contribution >= 0.6 is 0 Å². The van der Waals surface area contributed by atoms with E-state index in [-0.39, 0.29) is 36.1 Å². The minimum absolute atomic E-state index is 0.116. The van der Waals surface area contributed by atoms with Crippen LogP contribution in [0.1, 0.15) is 10.6 Å². The van der Waals surface area contributed by atoms with Crippen molar-refractivity contribution in [1.29, 1.82) is 0 Å². The van der Waals surface area contributed by atoms with Crippen LogP contribution < -0.4 is 10.7 Å². The highest BCUT2D eigenvalue weighted by atomic mass is 32.2. The number of rotatable bonds is 5. The first-order valence-electron chi connectivity index (χ1n) is 8.09. The smallest absolute Gasteiger partial charge is 0.287 e. The molecule has 9 heteroatoms. The van der Waals surface area contributed by atoms with Gasteiger partial charge < -0.3 is 14.5 Å². The van der Waals surface area contributed by atoms with Crippen LogP contribution in [0.5, 0.6) is 0 Å². The van der Waals surface area contributed by atoms with Crippen molar-refractivity contribution >= 4 is 26.9 Å². The number of ether oxygens (including phenoxy) is 1. The molecule has 0 spiro atoms. The van der Waals surface area contributed by atoms with Crippen molar-refractivity contribution in [2.24, 2.45) is 5.92 Å². The first kappa shape index (κ1) is 18.6. The van der Waals surface area contributed by atoms with Gasteiger partial charge in [-0.05, 0) is 12.1 Å². The normalized spacial score (nSPS) is 20.6. The van der Waals surface area contributed by atoms with Crippen molar-refractivity contribution in [1.82, 2.24) is 9.62 Å². The van der Waals surface area contributed by atoms with Crippen LogP contribution in [0.4, 0.5) is 0 Å². The highest BCUT2D eigenvalue weighted by Crippen LogP contribution is 2.18. The van der Waals surface area contributed by atoms with E-state index in [1.807, 2.05) is 0 Å². The quantitative estimate of drug-likeness (QED) is 0.806. The number of nitrogens with zero attached hydrogens (tertiary/aromatic N) is 1. The maximum Gasteiger partial charge on any atom is 0.287 e. The lowest BCUT2D eigenvalue weighted by Crippen LogP contribution is -2.43. The van der Waals surface area contributed by atoms with Crippen molar-refractivity contribution in [3.8, 4) is 0 Å². The van der Waals surface area contributed by atoms with E-state index >= 15 is 0 Å². The fraction of sp³-hybridized carbons (Fsp3) is 0.412. The van der Waals surface area contributed by atoms with Crippen molar-refractivity contribution in [3.63, 3.8) is 0 Å². The summed E-state index contributed by atoms with van der Waals surface area (Å²) in [6.07, 6.45) is 0. The lowest BCUT2D eigenvalue weighted by Gasteiger charge is -2.20. The molecular formula is C17H20N2O6S. The molecule has 1 fully saturated rings. The first-order chi connectivity index (χ1) is 12.3. The largest absolute Gasteiger partial charge is 0.451 e. The Balaban J connectivity index is 1.78. The van der Waals surface area contributed by atoms with Crippen LogP contribution in [0.3, 0.4) is 0 Å². The third-order valence-electron chi connectivity index (χ3n) is 4.35. The molecule has 1 aliphatic heterocycles. The van der Waals surface area contributed by atoms with Crippen LogP contribution in [0, 0.1) is 5.92 Å². The van der Waals surface area contributed by atoms with Gasteiger partial charge in [-0.25, -0.2) is 12.7 Å². The summed E-state index contributed by atoms with van der Waals surface area (Å²) in [5.74, 6) is -1.20. The number of nitrogens with one attached hydrogen (secondary N) is 1. The Morgan fingerprint density at radius 1 is 1.27 bits per heavy atom.